The Morgan fingerprint density at radius 2 is 1.18 bits per heavy atom. The second-order valence-corrected chi connectivity index (χ2v) is 4.93. The van der Waals surface area contributed by atoms with Gasteiger partial charge < -0.3 is 15.3 Å². The molecule has 0 heterocycles. The van der Waals surface area contributed by atoms with Crippen LogP contribution in [0.2, 0.25) is 0 Å². The van der Waals surface area contributed by atoms with Crippen molar-refractivity contribution >= 4 is 0 Å². The molecule has 104 valence electrons. The van der Waals surface area contributed by atoms with Gasteiger partial charge in [0, 0.05) is 0 Å². The van der Waals surface area contributed by atoms with Crippen molar-refractivity contribution in [2.24, 2.45) is 0 Å². The molecule has 3 N–H and O–H groups in total. The topological polar surface area (TPSA) is 60.7 Å². The molecule has 0 aromatic heterocycles. The summed E-state index contributed by atoms with van der Waals surface area (Å²) in [6, 6.07) is 0. The first kappa shape index (κ1) is 16.9. The number of aliphatic hydroxyl groups is 3. The van der Waals surface area contributed by atoms with E-state index < -0.39 is 12.2 Å². The highest BCUT2D eigenvalue weighted by atomic mass is 16.4. The van der Waals surface area contributed by atoms with E-state index in [0.717, 1.165) is 12.8 Å². The summed E-state index contributed by atoms with van der Waals surface area (Å²) in [6.07, 6.45) is 10.1. The summed E-state index contributed by atoms with van der Waals surface area (Å²) in [7, 11) is 0. The van der Waals surface area contributed by atoms with Crippen molar-refractivity contribution in [3.63, 3.8) is 0 Å². The zero-order chi connectivity index (χ0) is 12.9. The standard InChI is InChI=1S/C14H30O3/c1-2-3-4-5-6-7-8-9-10-11-13(16)14(17)12-15/h13-17H,2-12H2,1H3. The van der Waals surface area contributed by atoms with E-state index in [0.29, 0.717) is 6.42 Å². The molecule has 0 aliphatic heterocycles. The number of rotatable bonds is 12. The van der Waals surface area contributed by atoms with E-state index in [2.05, 4.69) is 6.92 Å². The summed E-state index contributed by atoms with van der Waals surface area (Å²) in [4.78, 5) is 0. The Kier molecular flexibility index (Phi) is 12.3. The molecule has 0 fully saturated rings. The van der Waals surface area contributed by atoms with E-state index in [9.17, 15) is 5.11 Å². The van der Waals surface area contributed by atoms with Crippen LogP contribution in [0.15, 0.2) is 0 Å². The highest BCUT2D eigenvalue weighted by Crippen LogP contribution is 2.12. The van der Waals surface area contributed by atoms with Gasteiger partial charge in [-0.1, -0.05) is 64.7 Å². The second kappa shape index (κ2) is 12.3. The average molecular weight is 246 g/mol. The quantitative estimate of drug-likeness (QED) is 0.464. The lowest BCUT2D eigenvalue weighted by Crippen LogP contribution is -2.28. The highest BCUT2D eigenvalue weighted by molar-refractivity contribution is 4.65. The molecular weight excluding hydrogens is 216 g/mol. The molecular formula is C14H30O3. The van der Waals surface area contributed by atoms with Gasteiger partial charge in [-0.15, -0.1) is 0 Å². The maximum absolute atomic E-state index is 9.41. The summed E-state index contributed by atoms with van der Waals surface area (Å²) in [5.41, 5.74) is 0. The Balaban J connectivity index is 3.13. The monoisotopic (exact) mass is 246 g/mol. The van der Waals surface area contributed by atoms with Gasteiger partial charge >= 0.3 is 0 Å². The second-order valence-electron chi connectivity index (χ2n) is 4.93. The van der Waals surface area contributed by atoms with Gasteiger partial charge in [-0.2, -0.15) is 0 Å². The van der Waals surface area contributed by atoms with E-state index in [1.165, 1.54) is 44.9 Å². The number of unbranched alkanes of at least 4 members (excludes halogenated alkanes) is 8. The molecule has 17 heavy (non-hydrogen) atoms. The van der Waals surface area contributed by atoms with E-state index in [1.807, 2.05) is 0 Å². The predicted molar refractivity (Wildman–Crippen MR) is 70.9 cm³/mol. The Labute approximate surface area is 106 Å². The van der Waals surface area contributed by atoms with Gasteiger partial charge in [0.25, 0.3) is 0 Å². The van der Waals surface area contributed by atoms with E-state index >= 15 is 0 Å². The van der Waals surface area contributed by atoms with E-state index in [4.69, 9.17) is 10.2 Å². The molecule has 0 saturated carbocycles. The fourth-order valence-corrected chi connectivity index (χ4v) is 1.98. The third-order valence-corrected chi connectivity index (χ3v) is 3.23. The minimum absolute atomic E-state index is 0.349. The van der Waals surface area contributed by atoms with Crippen molar-refractivity contribution in [3.8, 4) is 0 Å². The third-order valence-electron chi connectivity index (χ3n) is 3.23. The van der Waals surface area contributed by atoms with Crippen LogP contribution >= 0.6 is 0 Å². The lowest BCUT2D eigenvalue weighted by Gasteiger charge is -2.14. The first-order valence-corrected chi connectivity index (χ1v) is 7.19. The molecule has 0 aromatic rings. The molecule has 0 saturated heterocycles. The molecule has 0 spiro atoms. The van der Waals surface area contributed by atoms with Gasteiger partial charge in [0.1, 0.15) is 6.10 Å². The molecule has 0 aromatic carbocycles. The first-order chi connectivity index (χ1) is 8.22. The lowest BCUT2D eigenvalue weighted by molar-refractivity contribution is -0.0185. The molecule has 0 aliphatic rings. The summed E-state index contributed by atoms with van der Waals surface area (Å²) in [5, 5.41) is 27.2. The zero-order valence-corrected chi connectivity index (χ0v) is 11.3. The fourth-order valence-electron chi connectivity index (χ4n) is 1.98. The van der Waals surface area contributed by atoms with Crippen LogP contribution in [-0.2, 0) is 0 Å². The van der Waals surface area contributed by atoms with Crippen LogP contribution in [0, 0.1) is 0 Å². The first-order valence-electron chi connectivity index (χ1n) is 7.19. The van der Waals surface area contributed by atoms with Crippen molar-refractivity contribution in [1.82, 2.24) is 0 Å². The third kappa shape index (κ3) is 10.7. The van der Waals surface area contributed by atoms with Gasteiger partial charge in [0.2, 0.25) is 0 Å². The minimum Gasteiger partial charge on any atom is -0.394 e. The van der Waals surface area contributed by atoms with E-state index in [-0.39, 0.29) is 6.61 Å². The molecule has 2 unspecified atom stereocenters. The Morgan fingerprint density at radius 3 is 1.65 bits per heavy atom. The SMILES string of the molecule is CCCCCCCCCCCC(O)C(O)CO. The summed E-state index contributed by atoms with van der Waals surface area (Å²) in [5.74, 6) is 0. The van der Waals surface area contributed by atoms with Crippen LogP contribution in [0.1, 0.15) is 71.1 Å². The molecule has 2 atom stereocenters. The normalized spacial score (nSPS) is 14.8. The fraction of sp³-hybridized carbons (Fsp3) is 1.00. The van der Waals surface area contributed by atoms with Crippen LogP contribution < -0.4 is 0 Å². The van der Waals surface area contributed by atoms with Crippen LogP contribution in [0.3, 0.4) is 0 Å². The molecule has 0 amide bonds. The van der Waals surface area contributed by atoms with Gasteiger partial charge in [0.05, 0.1) is 12.7 Å². The largest absolute Gasteiger partial charge is 0.394 e. The Hall–Kier alpha value is -0.120. The minimum atomic E-state index is -0.968. The van der Waals surface area contributed by atoms with Crippen LogP contribution in [0.25, 0.3) is 0 Å². The van der Waals surface area contributed by atoms with Gasteiger partial charge in [0.15, 0.2) is 0 Å². The van der Waals surface area contributed by atoms with Gasteiger partial charge in [-0.25, -0.2) is 0 Å². The van der Waals surface area contributed by atoms with Crippen molar-refractivity contribution in [1.29, 1.82) is 0 Å². The summed E-state index contributed by atoms with van der Waals surface area (Å²) in [6.45, 7) is 1.88. The van der Waals surface area contributed by atoms with Crippen molar-refractivity contribution in [2.45, 2.75) is 83.3 Å². The molecule has 3 nitrogen and oxygen atoms in total. The van der Waals surface area contributed by atoms with Crippen molar-refractivity contribution in [2.75, 3.05) is 6.61 Å². The van der Waals surface area contributed by atoms with Crippen LogP contribution in [0.4, 0.5) is 0 Å². The number of aliphatic hydroxyl groups excluding tert-OH is 3. The summed E-state index contributed by atoms with van der Waals surface area (Å²) >= 11 is 0. The molecule has 0 radical (unpaired) electrons. The highest BCUT2D eigenvalue weighted by Gasteiger charge is 2.13. The lowest BCUT2D eigenvalue weighted by atomic mass is 10.0. The summed E-state index contributed by atoms with van der Waals surface area (Å²) < 4.78 is 0. The smallest absolute Gasteiger partial charge is 0.103 e. The van der Waals surface area contributed by atoms with Crippen LogP contribution in [0.5, 0.6) is 0 Å². The van der Waals surface area contributed by atoms with Crippen molar-refractivity contribution < 1.29 is 15.3 Å². The molecule has 0 bridgehead atoms. The average Bonchev–Trinajstić information content (AvgIpc) is 2.35. The molecule has 0 aliphatic carbocycles. The molecule has 0 rings (SSSR count). The number of hydrogen-bond acceptors (Lipinski definition) is 3. The van der Waals surface area contributed by atoms with E-state index in [1.54, 1.807) is 0 Å². The maximum Gasteiger partial charge on any atom is 0.103 e. The van der Waals surface area contributed by atoms with Gasteiger partial charge in [-0.3, -0.25) is 0 Å². The molecule has 3 heteroatoms. The van der Waals surface area contributed by atoms with Crippen LogP contribution in [-0.4, -0.2) is 34.1 Å². The maximum atomic E-state index is 9.41. The van der Waals surface area contributed by atoms with Crippen molar-refractivity contribution in [3.05, 3.63) is 0 Å². The zero-order valence-electron chi connectivity index (χ0n) is 11.3. The van der Waals surface area contributed by atoms with Gasteiger partial charge in [-0.05, 0) is 6.42 Å². The Bertz CT molecular complexity index is 150. The predicted octanol–water partition coefficient (Wildman–Crippen LogP) is 2.62. The Morgan fingerprint density at radius 1 is 0.706 bits per heavy atom. The number of hydrogen-bond donors (Lipinski definition) is 3.